The van der Waals surface area contributed by atoms with E-state index in [0.717, 1.165) is 22.4 Å². The van der Waals surface area contributed by atoms with Crippen LogP contribution >= 0.6 is 0 Å². The molecule has 3 N–H and O–H groups in total. The summed E-state index contributed by atoms with van der Waals surface area (Å²) < 4.78 is 36.8. The highest BCUT2D eigenvalue weighted by Crippen LogP contribution is 2.38. The van der Waals surface area contributed by atoms with E-state index >= 15 is 4.39 Å². The minimum absolute atomic E-state index is 0.112. The second kappa shape index (κ2) is 15.5. The third-order valence-corrected chi connectivity index (χ3v) is 9.53. The molecule has 9 rings (SSSR count). The average Bonchev–Trinajstić information content (AvgIpc) is 4.06. The first-order valence-electron chi connectivity index (χ1n) is 18.3. The van der Waals surface area contributed by atoms with Gasteiger partial charge in [-0.15, -0.1) is 0 Å². The largest absolute Gasteiger partial charge is 0.488 e. The van der Waals surface area contributed by atoms with Crippen molar-refractivity contribution in [1.82, 2.24) is 34.6 Å². The molecule has 1 fully saturated rings. The van der Waals surface area contributed by atoms with Crippen LogP contribution < -0.4 is 15.8 Å². The third kappa shape index (κ3) is 7.02. The number of anilines is 1. The number of aromatic nitrogens is 6. The molecule has 13 heteroatoms. The Morgan fingerprint density at radius 2 is 1.78 bits per heavy atom. The Balaban J connectivity index is 0.00000210. The highest BCUT2D eigenvalue weighted by atomic mass is 19.1. The molecule has 12 nitrogen and oxygen atoms in total. The first-order valence-corrected chi connectivity index (χ1v) is 18.3. The standard InChI is InChI=1S/C40H33FN8O4.C2H6/c41-31-22-34(53-23-24-6-2-1-3-7-24)30(40-51-18-19-52-40)21-29(31)39(50)46-32-12-9-25-20-26(10-11-27(25)32)49-37(28-8-4-15-43-36(28)42)45-33-13-14-35(47-38(33)49)48-17-5-16-44-48;1-2/h1-8,10-11,13-17,20-22,32,40H,9,12,18-19,23H2,(H2,42,43)(H,46,50);1-2H3. The van der Waals surface area contributed by atoms with Gasteiger partial charge in [-0.05, 0) is 78.1 Å². The second-order valence-corrected chi connectivity index (χ2v) is 12.8. The molecule has 1 saturated heterocycles. The van der Waals surface area contributed by atoms with Crippen molar-refractivity contribution in [3.05, 3.63) is 143 Å². The summed E-state index contributed by atoms with van der Waals surface area (Å²) in [6, 6.07) is 27.3. The van der Waals surface area contributed by atoms with Crippen LogP contribution in [0.5, 0.6) is 5.75 Å². The van der Waals surface area contributed by atoms with Crippen molar-refractivity contribution >= 4 is 22.9 Å². The van der Waals surface area contributed by atoms with Gasteiger partial charge in [0.05, 0.1) is 35.9 Å². The van der Waals surface area contributed by atoms with Crippen LogP contribution in [0.3, 0.4) is 0 Å². The molecule has 5 heterocycles. The number of nitrogen functional groups attached to an aromatic ring is 1. The van der Waals surface area contributed by atoms with Gasteiger partial charge in [0.25, 0.3) is 5.91 Å². The van der Waals surface area contributed by atoms with E-state index < -0.39 is 18.0 Å². The maximum Gasteiger partial charge on any atom is 0.254 e. The highest BCUT2D eigenvalue weighted by Gasteiger charge is 2.30. The van der Waals surface area contributed by atoms with Gasteiger partial charge < -0.3 is 25.3 Å². The minimum Gasteiger partial charge on any atom is -0.488 e. The number of ether oxygens (including phenoxy) is 3. The number of rotatable bonds is 9. The monoisotopic (exact) mass is 738 g/mol. The van der Waals surface area contributed by atoms with Crippen LogP contribution in [0.15, 0.2) is 110 Å². The van der Waals surface area contributed by atoms with Crippen LogP contribution in [0.1, 0.15) is 65.2 Å². The average molecular weight is 739 g/mol. The Kier molecular flexibility index (Phi) is 10.0. The lowest BCUT2D eigenvalue weighted by atomic mass is 10.0. The van der Waals surface area contributed by atoms with Gasteiger partial charge >= 0.3 is 0 Å². The van der Waals surface area contributed by atoms with Gasteiger partial charge in [0.15, 0.2) is 23.6 Å². The van der Waals surface area contributed by atoms with E-state index in [4.69, 9.17) is 29.9 Å². The van der Waals surface area contributed by atoms with Crippen molar-refractivity contribution in [2.75, 3.05) is 18.9 Å². The molecule has 1 unspecified atom stereocenters. The van der Waals surface area contributed by atoms with E-state index in [9.17, 15) is 4.79 Å². The van der Waals surface area contributed by atoms with Gasteiger partial charge in [-0.2, -0.15) is 5.10 Å². The predicted molar refractivity (Wildman–Crippen MR) is 205 cm³/mol. The maximum absolute atomic E-state index is 15.7. The van der Waals surface area contributed by atoms with Crippen LogP contribution in [-0.2, 0) is 22.5 Å². The molecular formula is C42H39FN8O4. The lowest BCUT2D eigenvalue weighted by Crippen LogP contribution is -2.28. The SMILES string of the molecule is CC.Nc1ncccc1-c1nc2ccc(-n3cccn3)nc2n1-c1ccc2c(c1)CCC2NC(=O)c1cc(C2OCCO2)c(OCc2ccccc2)cc1F. The second-order valence-electron chi connectivity index (χ2n) is 12.8. The summed E-state index contributed by atoms with van der Waals surface area (Å²) in [5.74, 6) is 0.601. The Bertz CT molecular complexity index is 2460. The van der Waals surface area contributed by atoms with Gasteiger partial charge in [-0.25, -0.2) is 24.0 Å². The highest BCUT2D eigenvalue weighted by molar-refractivity contribution is 5.95. The molecule has 0 bridgehead atoms. The van der Waals surface area contributed by atoms with Crippen molar-refractivity contribution in [2.24, 2.45) is 0 Å². The summed E-state index contributed by atoms with van der Waals surface area (Å²) in [6.07, 6.45) is 5.73. The predicted octanol–water partition coefficient (Wildman–Crippen LogP) is 7.46. The molecule has 0 saturated carbocycles. The van der Waals surface area contributed by atoms with Crippen molar-refractivity contribution in [1.29, 1.82) is 0 Å². The fourth-order valence-corrected chi connectivity index (χ4v) is 6.97. The first kappa shape index (κ1) is 35.6. The number of carbonyl (C=O) groups is 1. The van der Waals surface area contributed by atoms with Gasteiger partial charge in [-0.1, -0.05) is 50.2 Å². The van der Waals surface area contributed by atoms with Gasteiger partial charge in [0.1, 0.15) is 29.5 Å². The van der Waals surface area contributed by atoms with E-state index in [1.807, 2.05) is 97.4 Å². The quantitative estimate of drug-likeness (QED) is 0.154. The smallest absolute Gasteiger partial charge is 0.254 e. The van der Waals surface area contributed by atoms with E-state index in [-0.39, 0.29) is 24.0 Å². The summed E-state index contributed by atoms with van der Waals surface area (Å²) >= 11 is 0. The molecule has 7 aromatic rings. The number of aryl methyl sites for hydroxylation is 1. The number of halogens is 1. The topological polar surface area (TPSA) is 144 Å². The lowest BCUT2D eigenvalue weighted by molar-refractivity contribution is -0.0459. The molecule has 4 aromatic heterocycles. The number of benzene rings is 3. The van der Waals surface area contributed by atoms with E-state index in [1.165, 1.54) is 12.1 Å². The summed E-state index contributed by atoms with van der Waals surface area (Å²) in [5, 5.41) is 7.42. The number of hydrogen-bond acceptors (Lipinski definition) is 9. The normalized spacial score (nSPS) is 15.1. The molecule has 1 amide bonds. The number of fused-ring (bicyclic) bond motifs is 2. The number of nitrogens with zero attached hydrogens (tertiary/aromatic N) is 6. The van der Waals surface area contributed by atoms with Gasteiger partial charge in [0, 0.05) is 30.3 Å². The zero-order valence-corrected chi connectivity index (χ0v) is 30.4. The zero-order valence-electron chi connectivity index (χ0n) is 30.4. The van der Waals surface area contributed by atoms with E-state index in [2.05, 4.69) is 21.5 Å². The van der Waals surface area contributed by atoms with Crippen LogP contribution in [0.25, 0.3) is 34.1 Å². The molecule has 2 aliphatic rings. The maximum atomic E-state index is 15.7. The lowest BCUT2D eigenvalue weighted by Gasteiger charge is -2.19. The van der Waals surface area contributed by atoms with Crippen molar-refractivity contribution in [3.63, 3.8) is 0 Å². The Morgan fingerprint density at radius 3 is 2.56 bits per heavy atom. The van der Waals surface area contributed by atoms with Crippen molar-refractivity contribution in [2.45, 2.75) is 45.6 Å². The Hall–Kier alpha value is -6.44. The van der Waals surface area contributed by atoms with Crippen LogP contribution in [-0.4, -0.2) is 48.4 Å². The van der Waals surface area contributed by atoms with Crippen molar-refractivity contribution in [3.8, 4) is 28.6 Å². The molecule has 3 aromatic carbocycles. The number of imidazole rings is 1. The van der Waals surface area contributed by atoms with Gasteiger partial charge in [-0.3, -0.25) is 9.36 Å². The third-order valence-electron chi connectivity index (χ3n) is 9.53. The number of carbonyl (C=O) groups excluding carboxylic acids is 1. The minimum atomic E-state index is -0.769. The number of nitrogens with one attached hydrogen (secondary N) is 1. The fourth-order valence-electron chi connectivity index (χ4n) is 6.97. The van der Waals surface area contributed by atoms with E-state index in [1.54, 1.807) is 17.1 Å². The van der Waals surface area contributed by atoms with Crippen LogP contribution in [0.2, 0.25) is 0 Å². The summed E-state index contributed by atoms with van der Waals surface area (Å²) in [7, 11) is 0. The molecule has 1 atom stereocenters. The molecule has 0 spiro atoms. The molecule has 1 aliphatic heterocycles. The van der Waals surface area contributed by atoms with Gasteiger partial charge in [0.2, 0.25) is 0 Å². The fraction of sp³-hybridized carbons (Fsp3) is 0.214. The zero-order chi connectivity index (χ0) is 37.9. The molecular weight excluding hydrogens is 700 g/mol. The summed E-state index contributed by atoms with van der Waals surface area (Å²) in [5.41, 5.74) is 12.4. The van der Waals surface area contributed by atoms with Crippen LogP contribution in [0, 0.1) is 5.82 Å². The molecule has 0 radical (unpaired) electrons. The summed E-state index contributed by atoms with van der Waals surface area (Å²) in [6.45, 7) is 4.99. The number of pyridine rings is 2. The van der Waals surface area contributed by atoms with Crippen LogP contribution in [0.4, 0.5) is 10.2 Å². The first-order chi connectivity index (χ1) is 27.0. The summed E-state index contributed by atoms with van der Waals surface area (Å²) in [4.78, 5) is 27.9. The molecule has 278 valence electrons. The number of hydrogen-bond donors (Lipinski definition) is 2. The Morgan fingerprint density at radius 1 is 0.945 bits per heavy atom. The molecule has 1 aliphatic carbocycles. The van der Waals surface area contributed by atoms with Crippen molar-refractivity contribution < 1.29 is 23.4 Å². The number of amides is 1. The molecule has 55 heavy (non-hydrogen) atoms. The number of nitrogens with two attached hydrogens (primary N) is 1. The Labute approximate surface area is 316 Å². The van der Waals surface area contributed by atoms with E-state index in [0.29, 0.717) is 65.8 Å².